The minimum Gasteiger partial charge on any atom is -0.508 e. The van der Waals surface area contributed by atoms with Crippen LogP contribution in [0.4, 0.5) is 5.69 Å². The lowest BCUT2D eigenvalue weighted by molar-refractivity contribution is -0.113. The summed E-state index contributed by atoms with van der Waals surface area (Å²) in [6.07, 6.45) is 0. The quantitative estimate of drug-likeness (QED) is 0.630. The highest BCUT2D eigenvalue weighted by Crippen LogP contribution is 2.25. The van der Waals surface area contributed by atoms with Gasteiger partial charge in [0.05, 0.1) is 5.75 Å². The molecule has 0 unspecified atom stereocenters. The molecular formula is C20H22N4O2S. The molecule has 0 saturated heterocycles. The van der Waals surface area contributed by atoms with Gasteiger partial charge in [0, 0.05) is 17.8 Å². The van der Waals surface area contributed by atoms with Gasteiger partial charge in [0.1, 0.15) is 5.75 Å². The van der Waals surface area contributed by atoms with Crippen LogP contribution in [0.15, 0.2) is 47.6 Å². The van der Waals surface area contributed by atoms with Gasteiger partial charge in [-0.15, -0.1) is 10.2 Å². The lowest BCUT2D eigenvalue weighted by atomic mass is 10.1. The number of nitrogens with one attached hydrogen (secondary N) is 1. The molecule has 2 N–H and O–H groups in total. The highest BCUT2D eigenvalue weighted by Gasteiger charge is 2.15. The van der Waals surface area contributed by atoms with Gasteiger partial charge in [-0.25, -0.2) is 0 Å². The molecule has 6 nitrogen and oxygen atoms in total. The minimum atomic E-state index is -0.0798. The summed E-state index contributed by atoms with van der Waals surface area (Å²) in [5, 5.41) is 21.6. The van der Waals surface area contributed by atoms with Crippen LogP contribution in [-0.4, -0.2) is 31.5 Å². The Kier molecular flexibility index (Phi) is 5.81. The zero-order chi connectivity index (χ0) is 19.4. The summed E-state index contributed by atoms with van der Waals surface area (Å²) in [4.78, 5) is 12.3. The number of amides is 1. The van der Waals surface area contributed by atoms with E-state index in [4.69, 9.17) is 0 Å². The lowest BCUT2D eigenvalue weighted by Crippen LogP contribution is -2.15. The van der Waals surface area contributed by atoms with Crippen molar-refractivity contribution in [3.8, 4) is 17.1 Å². The van der Waals surface area contributed by atoms with E-state index in [0.29, 0.717) is 11.7 Å². The van der Waals surface area contributed by atoms with Gasteiger partial charge in [0.25, 0.3) is 0 Å². The van der Waals surface area contributed by atoms with Crippen LogP contribution in [0.25, 0.3) is 11.4 Å². The molecule has 0 aliphatic rings. The Labute approximate surface area is 162 Å². The predicted molar refractivity (Wildman–Crippen MR) is 108 cm³/mol. The number of carbonyl (C=O) groups excluding carboxylic acids is 1. The molecule has 1 aromatic heterocycles. The molecule has 7 heteroatoms. The zero-order valence-corrected chi connectivity index (χ0v) is 16.4. The smallest absolute Gasteiger partial charge is 0.234 e. The van der Waals surface area contributed by atoms with E-state index in [1.54, 1.807) is 24.3 Å². The van der Waals surface area contributed by atoms with Crippen LogP contribution in [0.3, 0.4) is 0 Å². The Balaban J connectivity index is 1.69. The fourth-order valence-corrected chi connectivity index (χ4v) is 3.58. The Morgan fingerprint density at radius 1 is 1.15 bits per heavy atom. The second-order valence-corrected chi connectivity index (χ2v) is 7.20. The largest absolute Gasteiger partial charge is 0.508 e. The summed E-state index contributed by atoms with van der Waals surface area (Å²) in [6, 6.07) is 12.8. The molecule has 3 rings (SSSR count). The summed E-state index contributed by atoms with van der Waals surface area (Å²) in [7, 11) is 0. The summed E-state index contributed by atoms with van der Waals surface area (Å²) in [5.74, 6) is 1.10. The number of phenolic OH excluding ortho intramolecular Hbond substituents is 1. The molecule has 1 heterocycles. The molecule has 0 bridgehead atoms. The van der Waals surface area contributed by atoms with Gasteiger partial charge in [-0.2, -0.15) is 0 Å². The third-order valence-electron chi connectivity index (χ3n) is 4.15. The molecule has 3 aromatic rings. The molecule has 2 aromatic carbocycles. The van der Waals surface area contributed by atoms with Crippen LogP contribution in [0, 0.1) is 13.8 Å². The third kappa shape index (κ3) is 4.49. The van der Waals surface area contributed by atoms with Crippen molar-refractivity contribution >= 4 is 23.4 Å². The van der Waals surface area contributed by atoms with Crippen molar-refractivity contribution in [1.82, 2.24) is 14.8 Å². The number of hydrogen-bond donors (Lipinski definition) is 2. The van der Waals surface area contributed by atoms with Gasteiger partial charge in [-0.1, -0.05) is 29.5 Å². The van der Waals surface area contributed by atoms with E-state index in [1.165, 1.54) is 11.8 Å². The summed E-state index contributed by atoms with van der Waals surface area (Å²) >= 11 is 1.35. The van der Waals surface area contributed by atoms with Gasteiger partial charge in [0.2, 0.25) is 5.91 Å². The number of rotatable bonds is 6. The normalized spacial score (nSPS) is 10.8. The second kappa shape index (κ2) is 8.26. The van der Waals surface area contributed by atoms with E-state index in [9.17, 15) is 9.90 Å². The Hall–Kier alpha value is -2.80. The van der Waals surface area contributed by atoms with Crippen molar-refractivity contribution in [2.45, 2.75) is 32.5 Å². The molecule has 1 amide bonds. The van der Waals surface area contributed by atoms with E-state index in [-0.39, 0.29) is 17.4 Å². The molecule has 27 heavy (non-hydrogen) atoms. The van der Waals surface area contributed by atoms with Crippen LogP contribution >= 0.6 is 11.8 Å². The number of aromatic nitrogens is 3. The standard InChI is InChI=1S/C20H22N4O2S/c1-4-24-19(15-6-8-16(25)9-7-15)22-23-20(24)27-12-18(26)21-17-10-5-13(2)11-14(17)3/h5-11,25H,4,12H2,1-3H3,(H,21,26). The second-order valence-electron chi connectivity index (χ2n) is 6.25. The first-order valence-corrected chi connectivity index (χ1v) is 9.69. The van der Waals surface area contributed by atoms with E-state index in [1.807, 2.05) is 43.5 Å². The third-order valence-corrected chi connectivity index (χ3v) is 5.11. The molecular weight excluding hydrogens is 360 g/mol. The average molecular weight is 382 g/mol. The van der Waals surface area contributed by atoms with Crippen molar-refractivity contribution in [2.75, 3.05) is 11.1 Å². The van der Waals surface area contributed by atoms with Crippen molar-refractivity contribution in [3.63, 3.8) is 0 Å². The van der Waals surface area contributed by atoms with Gasteiger partial charge < -0.3 is 15.0 Å². The Morgan fingerprint density at radius 2 is 1.89 bits per heavy atom. The molecule has 0 atom stereocenters. The molecule has 0 aliphatic heterocycles. The molecule has 0 radical (unpaired) electrons. The SMILES string of the molecule is CCn1c(SCC(=O)Nc2ccc(C)cc2C)nnc1-c1ccc(O)cc1. The number of hydrogen-bond acceptors (Lipinski definition) is 5. The number of anilines is 1. The van der Waals surface area contributed by atoms with Crippen molar-refractivity contribution < 1.29 is 9.90 Å². The van der Waals surface area contributed by atoms with E-state index >= 15 is 0 Å². The monoisotopic (exact) mass is 382 g/mol. The highest BCUT2D eigenvalue weighted by molar-refractivity contribution is 7.99. The summed E-state index contributed by atoms with van der Waals surface area (Å²) in [6.45, 7) is 6.70. The van der Waals surface area contributed by atoms with Crippen LogP contribution in [0.1, 0.15) is 18.1 Å². The molecule has 0 aliphatic carbocycles. The van der Waals surface area contributed by atoms with Crippen molar-refractivity contribution in [2.24, 2.45) is 0 Å². The summed E-state index contributed by atoms with van der Waals surface area (Å²) < 4.78 is 1.96. The Bertz CT molecular complexity index is 951. The number of carbonyl (C=O) groups is 1. The predicted octanol–water partition coefficient (Wildman–Crippen LogP) is 4.02. The van der Waals surface area contributed by atoms with Crippen molar-refractivity contribution in [3.05, 3.63) is 53.6 Å². The van der Waals surface area contributed by atoms with Gasteiger partial charge in [-0.3, -0.25) is 4.79 Å². The number of benzene rings is 2. The molecule has 0 saturated carbocycles. The van der Waals surface area contributed by atoms with Gasteiger partial charge in [-0.05, 0) is 56.7 Å². The Morgan fingerprint density at radius 3 is 2.56 bits per heavy atom. The maximum absolute atomic E-state index is 12.3. The number of aryl methyl sites for hydroxylation is 2. The first-order valence-electron chi connectivity index (χ1n) is 8.70. The van der Waals surface area contributed by atoms with Crippen LogP contribution < -0.4 is 5.32 Å². The fraction of sp³-hybridized carbons (Fsp3) is 0.250. The lowest BCUT2D eigenvalue weighted by Gasteiger charge is -2.10. The maximum atomic E-state index is 12.3. The highest BCUT2D eigenvalue weighted by atomic mass is 32.2. The molecule has 0 fully saturated rings. The molecule has 140 valence electrons. The first-order chi connectivity index (χ1) is 13.0. The van der Waals surface area contributed by atoms with Crippen molar-refractivity contribution in [1.29, 1.82) is 0 Å². The topological polar surface area (TPSA) is 80.0 Å². The van der Waals surface area contributed by atoms with Crippen LogP contribution in [-0.2, 0) is 11.3 Å². The average Bonchev–Trinajstić information content (AvgIpc) is 3.06. The number of thioether (sulfide) groups is 1. The fourth-order valence-electron chi connectivity index (χ4n) is 2.77. The van der Waals surface area contributed by atoms with E-state index < -0.39 is 0 Å². The van der Waals surface area contributed by atoms with Crippen LogP contribution in [0.5, 0.6) is 5.75 Å². The first kappa shape index (κ1) is 19.0. The number of phenols is 1. The number of aromatic hydroxyl groups is 1. The van der Waals surface area contributed by atoms with Gasteiger partial charge in [0.15, 0.2) is 11.0 Å². The van der Waals surface area contributed by atoms with Gasteiger partial charge >= 0.3 is 0 Å². The maximum Gasteiger partial charge on any atom is 0.234 e. The van der Waals surface area contributed by atoms with Crippen LogP contribution in [0.2, 0.25) is 0 Å². The summed E-state index contributed by atoms with van der Waals surface area (Å²) in [5.41, 5.74) is 3.90. The minimum absolute atomic E-state index is 0.0798. The van der Waals surface area contributed by atoms with E-state index in [2.05, 4.69) is 15.5 Å². The number of nitrogens with zero attached hydrogens (tertiary/aromatic N) is 3. The molecule has 0 spiro atoms. The van der Waals surface area contributed by atoms with E-state index in [0.717, 1.165) is 28.2 Å². The zero-order valence-electron chi connectivity index (χ0n) is 15.6.